The molecule has 4 heteroatoms. The molecule has 0 fully saturated rings. The quantitative estimate of drug-likeness (QED) is 0.557. The smallest absolute Gasteiger partial charge is 0.137 e. The van der Waals surface area contributed by atoms with E-state index < -0.39 is 0 Å². The number of hydrogen-bond donors (Lipinski definition) is 1. The number of halogens is 1. The van der Waals surface area contributed by atoms with E-state index in [0.29, 0.717) is 5.02 Å². The van der Waals surface area contributed by atoms with Gasteiger partial charge in [-0.15, -0.1) is 0 Å². The zero-order chi connectivity index (χ0) is 15.6. The van der Waals surface area contributed by atoms with E-state index in [4.69, 9.17) is 16.3 Å². The van der Waals surface area contributed by atoms with E-state index in [-0.39, 0.29) is 0 Å². The largest absolute Gasteiger partial charge is 0.492 e. The van der Waals surface area contributed by atoms with Gasteiger partial charge in [-0.1, -0.05) is 57.0 Å². The van der Waals surface area contributed by atoms with Crippen molar-refractivity contribution < 1.29 is 4.74 Å². The van der Waals surface area contributed by atoms with Crippen LogP contribution >= 0.6 is 11.6 Å². The summed E-state index contributed by atoms with van der Waals surface area (Å²) in [5.41, 5.74) is 0.971. The second-order valence-electron chi connectivity index (χ2n) is 5.55. The van der Waals surface area contributed by atoms with Crippen molar-refractivity contribution in [3.05, 3.63) is 35.6 Å². The highest BCUT2D eigenvalue weighted by molar-refractivity contribution is 6.32. The molecular weight excluding hydrogens is 296 g/mol. The Balaban J connectivity index is 1.70. The van der Waals surface area contributed by atoms with Gasteiger partial charge in [-0.2, -0.15) is 0 Å². The molecular formula is C18H25ClN2O. The Bertz CT molecular complexity index is 540. The SMILES string of the molecule is CCCCCCCCCOc1ccc(-c2ncc[nH]2)cc1Cl. The number of aromatic nitrogens is 2. The Hall–Kier alpha value is -1.48. The van der Waals surface area contributed by atoms with Crippen LogP contribution in [0.5, 0.6) is 5.75 Å². The number of ether oxygens (including phenoxy) is 1. The summed E-state index contributed by atoms with van der Waals surface area (Å²) in [4.78, 5) is 7.29. The van der Waals surface area contributed by atoms with E-state index in [1.54, 1.807) is 12.4 Å². The number of rotatable bonds is 10. The molecule has 1 N–H and O–H groups in total. The van der Waals surface area contributed by atoms with Gasteiger partial charge in [0.15, 0.2) is 0 Å². The van der Waals surface area contributed by atoms with E-state index in [0.717, 1.165) is 30.2 Å². The van der Waals surface area contributed by atoms with Crippen molar-refractivity contribution in [3.8, 4) is 17.1 Å². The first kappa shape index (κ1) is 16.9. The summed E-state index contributed by atoms with van der Waals surface area (Å²) in [6.07, 6.45) is 12.5. The molecule has 2 rings (SSSR count). The molecule has 1 heterocycles. The zero-order valence-corrected chi connectivity index (χ0v) is 14.0. The number of H-pyrrole nitrogens is 1. The number of aromatic amines is 1. The summed E-state index contributed by atoms with van der Waals surface area (Å²) in [5.74, 6) is 1.57. The molecule has 0 amide bonds. The number of nitrogens with zero attached hydrogens (tertiary/aromatic N) is 1. The van der Waals surface area contributed by atoms with Crippen LogP contribution in [0.25, 0.3) is 11.4 Å². The highest BCUT2D eigenvalue weighted by Gasteiger charge is 2.06. The first-order chi connectivity index (χ1) is 10.8. The van der Waals surface area contributed by atoms with Gasteiger partial charge in [-0.05, 0) is 24.6 Å². The van der Waals surface area contributed by atoms with Gasteiger partial charge in [0.2, 0.25) is 0 Å². The van der Waals surface area contributed by atoms with Crippen LogP contribution in [-0.2, 0) is 0 Å². The fourth-order valence-electron chi connectivity index (χ4n) is 2.43. The van der Waals surface area contributed by atoms with Gasteiger partial charge in [0, 0.05) is 18.0 Å². The molecule has 0 spiro atoms. The number of hydrogen-bond acceptors (Lipinski definition) is 2. The highest BCUT2D eigenvalue weighted by Crippen LogP contribution is 2.29. The average Bonchev–Trinajstić information content (AvgIpc) is 3.05. The maximum absolute atomic E-state index is 6.28. The van der Waals surface area contributed by atoms with Crippen LogP contribution in [0.2, 0.25) is 5.02 Å². The van der Waals surface area contributed by atoms with Crippen molar-refractivity contribution in [1.29, 1.82) is 0 Å². The molecule has 3 nitrogen and oxygen atoms in total. The third kappa shape index (κ3) is 5.38. The zero-order valence-electron chi connectivity index (χ0n) is 13.3. The van der Waals surface area contributed by atoms with Crippen molar-refractivity contribution in [2.75, 3.05) is 6.61 Å². The Labute approximate surface area is 138 Å². The second kappa shape index (κ2) is 9.52. The normalized spacial score (nSPS) is 10.8. The van der Waals surface area contributed by atoms with E-state index in [1.807, 2.05) is 18.2 Å². The van der Waals surface area contributed by atoms with Gasteiger partial charge in [0.05, 0.1) is 11.6 Å². The van der Waals surface area contributed by atoms with Crippen LogP contribution in [0.4, 0.5) is 0 Å². The third-order valence-electron chi connectivity index (χ3n) is 3.71. The molecule has 2 aromatic rings. The van der Waals surface area contributed by atoms with Crippen LogP contribution in [0.1, 0.15) is 51.9 Å². The number of imidazole rings is 1. The molecule has 0 saturated carbocycles. The fourth-order valence-corrected chi connectivity index (χ4v) is 2.66. The van der Waals surface area contributed by atoms with Crippen molar-refractivity contribution in [1.82, 2.24) is 9.97 Å². The summed E-state index contributed by atoms with van der Waals surface area (Å²) >= 11 is 6.28. The molecule has 1 aromatic carbocycles. The lowest BCUT2D eigenvalue weighted by molar-refractivity contribution is 0.304. The molecule has 1 aromatic heterocycles. The first-order valence-electron chi connectivity index (χ1n) is 8.23. The Kier molecular flexibility index (Phi) is 7.31. The predicted octanol–water partition coefficient (Wildman–Crippen LogP) is 5.86. The molecule has 0 saturated heterocycles. The molecule has 22 heavy (non-hydrogen) atoms. The average molecular weight is 321 g/mol. The van der Waals surface area contributed by atoms with Crippen LogP contribution in [0, 0.1) is 0 Å². The monoisotopic (exact) mass is 320 g/mol. The second-order valence-corrected chi connectivity index (χ2v) is 5.96. The molecule has 0 unspecified atom stereocenters. The van der Waals surface area contributed by atoms with E-state index in [1.165, 1.54) is 38.5 Å². The maximum atomic E-state index is 6.28. The van der Waals surface area contributed by atoms with Gasteiger partial charge < -0.3 is 9.72 Å². The molecule has 0 radical (unpaired) electrons. The molecule has 0 aliphatic carbocycles. The topological polar surface area (TPSA) is 37.9 Å². The van der Waals surface area contributed by atoms with E-state index >= 15 is 0 Å². The van der Waals surface area contributed by atoms with Crippen molar-refractivity contribution in [2.45, 2.75) is 51.9 Å². The lowest BCUT2D eigenvalue weighted by Crippen LogP contribution is -1.98. The standard InChI is InChI=1S/C18H25ClN2O/c1-2-3-4-5-6-7-8-13-22-17-10-9-15(14-16(17)19)18-20-11-12-21-18/h9-12,14H,2-8,13H2,1H3,(H,20,21). The van der Waals surface area contributed by atoms with Crippen molar-refractivity contribution >= 4 is 11.6 Å². The Morgan fingerprint density at radius 3 is 2.55 bits per heavy atom. The van der Waals surface area contributed by atoms with Crippen LogP contribution in [0.15, 0.2) is 30.6 Å². The number of benzene rings is 1. The van der Waals surface area contributed by atoms with Crippen LogP contribution in [-0.4, -0.2) is 16.6 Å². The Morgan fingerprint density at radius 2 is 1.86 bits per heavy atom. The minimum absolute atomic E-state index is 0.636. The summed E-state index contributed by atoms with van der Waals surface area (Å²) in [7, 11) is 0. The maximum Gasteiger partial charge on any atom is 0.137 e. The number of unbranched alkanes of at least 4 members (excludes halogenated alkanes) is 6. The summed E-state index contributed by atoms with van der Waals surface area (Å²) in [6.45, 7) is 2.97. The van der Waals surface area contributed by atoms with Gasteiger partial charge in [0.25, 0.3) is 0 Å². The lowest BCUT2D eigenvalue weighted by Gasteiger charge is -2.09. The highest BCUT2D eigenvalue weighted by atomic mass is 35.5. The van der Waals surface area contributed by atoms with Crippen molar-refractivity contribution in [3.63, 3.8) is 0 Å². The fraction of sp³-hybridized carbons (Fsp3) is 0.500. The van der Waals surface area contributed by atoms with Crippen molar-refractivity contribution in [2.24, 2.45) is 0 Å². The minimum atomic E-state index is 0.636. The third-order valence-corrected chi connectivity index (χ3v) is 4.00. The van der Waals surface area contributed by atoms with Gasteiger partial charge >= 0.3 is 0 Å². The predicted molar refractivity (Wildman–Crippen MR) is 92.5 cm³/mol. The molecule has 120 valence electrons. The molecule has 0 aliphatic rings. The first-order valence-corrected chi connectivity index (χ1v) is 8.61. The molecule has 0 aliphatic heterocycles. The molecule has 0 bridgehead atoms. The van der Waals surface area contributed by atoms with E-state index in [2.05, 4.69) is 16.9 Å². The minimum Gasteiger partial charge on any atom is -0.492 e. The van der Waals surface area contributed by atoms with Gasteiger partial charge in [-0.3, -0.25) is 0 Å². The molecule has 0 atom stereocenters. The summed E-state index contributed by atoms with van der Waals surface area (Å²) in [6, 6.07) is 5.78. The van der Waals surface area contributed by atoms with Gasteiger partial charge in [0.1, 0.15) is 11.6 Å². The van der Waals surface area contributed by atoms with Crippen LogP contribution < -0.4 is 4.74 Å². The van der Waals surface area contributed by atoms with Gasteiger partial charge in [-0.25, -0.2) is 4.98 Å². The Morgan fingerprint density at radius 1 is 1.09 bits per heavy atom. The lowest BCUT2D eigenvalue weighted by atomic mass is 10.1. The van der Waals surface area contributed by atoms with E-state index in [9.17, 15) is 0 Å². The summed E-state index contributed by atoms with van der Waals surface area (Å²) in [5, 5.41) is 0.636. The summed E-state index contributed by atoms with van der Waals surface area (Å²) < 4.78 is 5.77. The number of nitrogens with one attached hydrogen (secondary N) is 1. The van der Waals surface area contributed by atoms with Crippen LogP contribution in [0.3, 0.4) is 0 Å².